The standard InChI is InChI=1S/C10H18N2S/c1-7(2)9-6-13-10(12-9)11-8-4-3-5-8/h7-9H,3-6H2,1-2H3,(H,11,12). The molecule has 74 valence electrons. The maximum absolute atomic E-state index is 4.68. The Morgan fingerprint density at radius 2 is 2.23 bits per heavy atom. The summed E-state index contributed by atoms with van der Waals surface area (Å²) in [6, 6.07) is 1.28. The second kappa shape index (κ2) is 3.91. The Kier molecular flexibility index (Phi) is 2.82. The summed E-state index contributed by atoms with van der Waals surface area (Å²) in [5.41, 5.74) is 0. The van der Waals surface area contributed by atoms with E-state index in [-0.39, 0.29) is 0 Å². The average molecular weight is 198 g/mol. The second-order valence-electron chi connectivity index (χ2n) is 4.33. The van der Waals surface area contributed by atoms with Crippen LogP contribution in [0.2, 0.25) is 0 Å². The Hall–Kier alpha value is -0.180. The Morgan fingerprint density at radius 1 is 1.46 bits per heavy atom. The molecule has 1 aliphatic carbocycles. The van der Waals surface area contributed by atoms with Crippen molar-refractivity contribution in [3.05, 3.63) is 0 Å². The number of hydrogen-bond acceptors (Lipinski definition) is 3. The lowest BCUT2D eigenvalue weighted by atomic mass is 9.93. The van der Waals surface area contributed by atoms with Crippen LogP contribution in [-0.2, 0) is 0 Å². The number of aliphatic imine (C=N–C) groups is 1. The van der Waals surface area contributed by atoms with Gasteiger partial charge >= 0.3 is 0 Å². The zero-order valence-corrected chi connectivity index (χ0v) is 9.23. The fourth-order valence-corrected chi connectivity index (χ4v) is 2.79. The van der Waals surface area contributed by atoms with Gasteiger partial charge in [0, 0.05) is 11.8 Å². The van der Waals surface area contributed by atoms with E-state index in [9.17, 15) is 0 Å². The zero-order valence-electron chi connectivity index (χ0n) is 8.42. The van der Waals surface area contributed by atoms with E-state index in [1.165, 1.54) is 30.2 Å². The number of rotatable bonds is 2. The highest BCUT2D eigenvalue weighted by Crippen LogP contribution is 2.25. The first-order valence-corrected chi connectivity index (χ1v) is 6.21. The molecular weight excluding hydrogens is 180 g/mol. The fourth-order valence-electron chi connectivity index (χ4n) is 1.54. The minimum atomic E-state index is 0.549. The molecule has 3 heteroatoms. The summed E-state index contributed by atoms with van der Waals surface area (Å²) < 4.78 is 0. The van der Waals surface area contributed by atoms with E-state index < -0.39 is 0 Å². The predicted octanol–water partition coefficient (Wildman–Crippen LogP) is 2.26. The third kappa shape index (κ3) is 2.19. The quantitative estimate of drug-likeness (QED) is 0.736. The van der Waals surface area contributed by atoms with Crippen molar-refractivity contribution in [2.75, 3.05) is 5.75 Å². The van der Waals surface area contributed by atoms with Crippen LogP contribution >= 0.6 is 11.8 Å². The first-order chi connectivity index (χ1) is 6.25. The minimum Gasteiger partial charge on any atom is -0.362 e. The van der Waals surface area contributed by atoms with E-state index >= 15 is 0 Å². The van der Waals surface area contributed by atoms with Crippen LogP contribution in [0.15, 0.2) is 4.99 Å². The Balaban J connectivity index is 1.82. The van der Waals surface area contributed by atoms with Crippen molar-refractivity contribution in [3.63, 3.8) is 0 Å². The maximum Gasteiger partial charge on any atom is 0.157 e. The van der Waals surface area contributed by atoms with Gasteiger partial charge in [0.25, 0.3) is 0 Å². The van der Waals surface area contributed by atoms with Gasteiger partial charge < -0.3 is 5.32 Å². The van der Waals surface area contributed by atoms with Crippen LogP contribution < -0.4 is 5.32 Å². The lowest BCUT2D eigenvalue weighted by Crippen LogP contribution is -2.37. The van der Waals surface area contributed by atoms with Gasteiger partial charge in [-0.2, -0.15) is 0 Å². The lowest BCUT2D eigenvalue weighted by Gasteiger charge is -2.26. The summed E-state index contributed by atoms with van der Waals surface area (Å²) in [7, 11) is 0. The summed E-state index contributed by atoms with van der Waals surface area (Å²) in [4.78, 5) is 4.68. The molecule has 1 fully saturated rings. The van der Waals surface area contributed by atoms with E-state index in [2.05, 4.69) is 24.2 Å². The van der Waals surface area contributed by atoms with Gasteiger partial charge in [0.05, 0.1) is 6.04 Å². The maximum atomic E-state index is 4.68. The van der Waals surface area contributed by atoms with Crippen LogP contribution in [0.3, 0.4) is 0 Å². The normalized spacial score (nSPS) is 28.8. The van der Waals surface area contributed by atoms with Crippen molar-refractivity contribution < 1.29 is 0 Å². The number of hydrogen-bond donors (Lipinski definition) is 1. The van der Waals surface area contributed by atoms with Gasteiger partial charge in [0.2, 0.25) is 0 Å². The zero-order chi connectivity index (χ0) is 9.26. The van der Waals surface area contributed by atoms with E-state index in [0.29, 0.717) is 12.0 Å². The smallest absolute Gasteiger partial charge is 0.157 e. The fraction of sp³-hybridized carbons (Fsp3) is 0.900. The van der Waals surface area contributed by atoms with Gasteiger partial charge in [-0.05, 0) is 25.2 Å². The molecule has 0 saturated heterocycles. The summed E-state index contributed by atoms with van der Waals surface area (Å²) in [6.07, 6.45) is 4.07. The Labute approximate surface area is 84.6 Å². The van der Waals surface area contributed by atoms with Crippen molar-refractivity contribution in [2.24, 2.45) is 10.9 Å². The molecule has 1 saturated carbocycles. The van der Waals surface area contributed by atoms with Gasteiger partial charge in [0.15, 0.2) is 5.17 Å². The number of thioether (sulfide) groups is 1. The lowest BCUT2D eigenvalue weighted by molar-refractivity contribution is 0.384. The van der Waals surface area contributed by atoms with E-state index in [0.717, 1.165) is 6.04 Å². The molecule has 2 nitrogen and oxygen atoms in total. The van der Waals surface area contributed by atoms with Crippen molar-refractivity contribution in [1.82, 2.24) is 5.32 Å². The van der Waals surface area contributed by atoms with Crippen LogP contribution in [0.5, 0.6) is 0 Å². The molecular formula is C10H18N2S. The summed E-state index contributed by atoms with van der Waals surface area (Å²) in [5.74, 6) is 1.86. The molecule has 1 aliphatic heterocycles. The molecule has 1 heterocycles. The number of amidine groups is 1. The SMILES string of the molecule is CC(C)C1CSC(NC2CCC2)=N1. The van der Waals surface area contributed by atoms with Crippen molar-refractivity contribution in [1.29, 1.82) is 0 Å². The van der Waals surface area contributed by atoms with Gasteiger partial charge in [-0.15, -0.1) is 0 Å². The van der Waals surface area contributed by atoms with Crippen LogP contribution in [0.4, 0.5) is 0 Å². The third-order valence-electron chi connectivity index (χ3n) is 2.88. The van der Waals surface area contributed by atoms with Gasteiger partial charge in [-0.1, -0.05) is 25.6 Å². The molecule has 0 bridgehead atoms. The van der Waals surface area contributed by atoms with Gasteiger partial charge in [-0.3, -0.25) is 4.99 Å². The molecule has 0 aromatic rings. The molecule has 13 heavy (non-hydrogen) atoms. The topological polar surface area (TPSA) is 24.4 Å². The van der Waals surface area contributed by atoms with Crippen LogP contribution in [-0.4, -0.2) is 23.0 Å². The molecule has 0 amide bonds. The van der Waals surface area contributed by atoms with Crippen molar-refractivity contribution >= 4 is 16.9 Å². The summed E-state index contributed by atoms with van der Waals surface area (Å²) in [6.45, 7) is 4.50. The molecule has 2 aliphatic rings. The Bertz CT molecular complexity index is 209. The van der Waals surface area contributed by atoms with Crippen molar-refractivity contribution in [2.45, 2.75) is 45.2 Å². The number of nitrogens with one attached hydrogen (secondary N) is 1. The molecule has 0 radical (unpaired) electrons. The third-order valence-corrected chi connectivity index (χ3v) is 3.88. The second-order valence-corrected chi connectivity index (χ2v) is 5.34. The molecule has 1 atom stereocenters. The van der Waals surface area contributed by atoms with Crippen LogP contribution in [0.1, 0.15) is 33.1 Å². The highest BCUT2D eigenvalue weighted by Gasteiger charge is 2.24. The molecule has 1 N–H and O–H groups in total. The minimum absolute atomic E-state index is 0.549. The first kappa shape index (κ1) is 9.38. The molecule has 0 spiro atoms. The Morgan fingerprint density at radius 3 is 2.69 bits per heavy atom. The van der Waals surface area contributed by atoms with Crippen LogP contribution in [0.25, 0.3) is 0 Å². The predicted molar refractivity (Wildman–Crippen MR) is 59.3 cm³/mol. The van der Waals surface area contributed by atoms with Gasteiger partial charge in [0.1, 0.15) is 0 Å². The van der Waals surface area contributed by atoms with E-state index in [4.69, 9.17) is 0 Å². The largest absolute Gasteiger partial charge is 0.362 e. The summed E-state index contributed by atoms with van der Waals surface area (Å²) >= 11 is 1.90. The number of nitrogens with zero attached hydrogens (tertiary/aromatic N) is 1. The van der Waals surface area contributed by atoms with E-state index in [1.54, 1.807) is 0 Å². The first-order valence-electron chi connectivity index (χ1n) is 5.23. The molecule has 1 unspecified atom stereocenters. The van der Waals surface area contributed by atoms with Crippen LogP contribution in [0, 0.1) is 5.92 Å². The molecule has 2 rings (SSSR count). The average Bonchev–Trinajstić information content (AvgIpc) is 2.44. The highest BCUT2D eigenvalue weighted by molar-refractivity contribution is 8.14. The molecule has 0 aromatic heterocycles. The highest BCUT2D eigenvalue weighted by atomic mass is 32.2. The monoisotopic (exact) mass is 198 g/mol. The molecule has 0 aromatic carbocycles. The van der Waals surface area contributed by atoms with Gasteiger partial charge in [-0.25, -0.2) is 0 Å². The van der Waals surface area contributed by atoms with E-state index in [1.807, 2.05) is 11.8 Å². The summed E-state index contributed by atoms with van der Waals surface area (Å²) in [5, 5.41) is 4.71. The van der Waals surface area contributed by atoms with Crippen molar-refractivity contribution in [3.8, 4) is 0 Å².